The van der Waals surface area contributed by atoms with Gasteiger partial charge in [-0.05, 0) is 0 Å². The van der Waals surface area contributed by atoms with Gasteiger partial charge in [-0.1, -0.05) is 0 Å². The van der Waals surface area contributed by atoms with E-state index in [9.17, 15) is 38.7 Å². The van der Waals surface area contributed by atoms with Crippen molar-refractivity contribution in [2.24, 2.45) is 0 Å². The average Bonchev–Trinajstić information content (AvgIpc) is 2.53. The van der Waals surface area contributed by atoms with Gasteiger partial charge in [-0.2, -0.15) is 8.42 Å². The molecule has 9 atom stereocenters. The van der Waals surface area contributed by atoms with Crippen LogP contribution in [0.3, 0.4) is 0 Å². The van der Waals surface area contributed by atoms with Crippen molar-refractivity contribution < 1.29 is 66.8 Å². The standard InChI is InChI=1S/C11H18O14S/c12-3-2(1-22-10(18)4(3)13)23-11-6(15)7(25-26(19,20)21)5(14)8(24-11)9(16)17/h2-8,10-15,18H,1H2,(H,16,17)(H,19,20,21)/t2-,3+,4-,5+,6-,7+,8+,10-,11-/m1/s1. The molecule has 2 aliphatic rings. The highest BCUT2D eigenvalue weighted by Crippen LogP contribution is 2.28. The van der Waals surface area contributed by atoms with Crippen LogP contribution < -0.4 is 0 Å². The Balaban J connectivity index is 2.19. The third-order valence-corrected chi connectivity index (χ3v) is 4.25. The lowest BCUT2D eigenvalue weighted by Crippen LogP contribution is -2.63. The minimum atomic E-state index is -5.19. The first-order valence-corrected chi connectivity index (χ1v) is 8.50. The van der Waals surface area contributed by atoms with Crippen molar-refractivity contribution in [2.45, 2.75) is 55.3 Å². The number of ether oxygens (including phenoxy) is 3. The molecule has 0 radical (unpaired) electrons. The van der Waals surface area contributed by atoms with Crippen molar-refractivity contribution >= 4 is 16.4 Å². The molecule has 0 bridgehead atoms. The van der Waals surface area contributed by atoms with E-state index in [1.165, 1.54) is 0 Å². The van der Waals surface area contributed by atoms with Gasteiger partial charge in [0.2, 0.25) is 0 Å². The van der Waals surface area contributed by atoms with Crippen LogP contribution in [0.5, 0.6) is 0 Å². The number of rotatable bonds is 5. The molecule has 0 aliphatic carbocycles. The molecule has 0 aromatic carbocycles. The molecule has 2 aliphatic heterocycles. The lowest BCUT2D eigenvalue weighted by Gasteiger charge is -2.43. The molecule has 15 heteroatoms. The largest absolute Gasteiger partial charge is 0.479 e. The number of aliphatic hydroxyl groups is 5. The molecule has 2 saturated heterocycles. The van der Waals surface area contributed by atoms with E-state index >= 15 is 0 Å². The first-order valence-electron chi connectivity index (χ1n) is 7.13. The molecule has 0 aromatic heterocycles. The van der Waals surface area contributed by atoms with Crippen LogP contribution in [0.15, 0.2) is 0 Å². The highest BCUT2D eigenvalue weighted by Gasteiger charge is 2.52. The van der Waals surface area contributed by atoms with Gasteiger partial charge >= 0.3 is 16.4 Å². The maximum absolute atomic E-state index is 11.1. The van der Waals surface area contributed by atoms with E-state index in [0.29, 0.717) is 0 Å². The Hall–Kier alpha value is -0.980. The van der Waals surface area contributed by atoms with E-state index in [0.717, 1.165) is 0 Å². The number of carboxylic acid groups (broad SMARTS) is 1. The molecule has 7 N–H and O–H groups in total. The van der Waals surface area contributed by atoms with E-state index in [-0.39, 0.29) is 0 Å². The van der Waals surface area contributed by atoms with E-state index in [1.807, 2.05) is 0 Å². The van der Waals surface area contributed by atoms with Crippen LogP contribution in [-0.4, -0.2) is 111 Å². The predicted molar refractivity (Wildman–Crippen MR) is 73.6 cm³/mol. The Labute approximate surface area is 146 Å². The normalized spacial score (nSPS) is 44.6. The fourth-order valence-corrected chi connectivity index (χ4v) is 2.99. The monoisotopic (exact) mass is 406 g/mol. The van der Waals surface area contributed by atoms with Crippen molar-refractivity contribution in [3.8, 4) is 0 Å². The van der Waals surface area contributed by atoms with Crippen LogP contribution in [0.4, 0.5) is 0 Å². The number of carbonyl (C=O) groups is 1. The maximum Gasteiger partial charge on any atom is 0.397 e. The van der Waals surface area contributed by atoms with Gasteiger partial charge in [0.1, 0.15) is 36.6 Å². The lowest BCUT2D eigenvalue weighted by atomic mass is 9.98. The van der Waals surface area contributed by atoms with E-state index in [2.05, 4.69) is 4.18 Å². The van der Waals surface area contributed by atoms with Crippen molar-refractivity contribution in [1.29, 1.82) is 0 Å². The number of aliphatic hydroxyl groups excluding tert-OH is 5. The van der Waals surface area contributed by atoms with Gasteiger partial charge in [0.25, 0.3) is 0 Å². The van der Waals surface area contributed by atoms with E-state index < -0.39 is 78.3 Å². The molecule has 152 valence electrons. The smallest absolute Gasteiger partial charge is 0.397 e. The third kappa shape index (κ3) is 4.65. The number of hydrogen-bond acceptors (Lipinski definition) is 12. The number of aliphatic carboxylic acids is 1. The Morgan fingerprint density at radius 1 is 1.00 bits per heavy atom. The van der Waals surface area contributed by atoms with Gasteiger partial charge in [-0.15, -0.1) is 0 Å². The average molecular weight is 406 g/mol. The minimum absolute atomic E-state index is 0.504. The minimum Gasteiger partial charge on any atom is -0.479 e. The van der Waals surface area contributed by atoms with Crippen LogP contribution in [-0.2, 0) is 33.6 Å². The summed E-state index contributed by atoms with van der Waals surface area (Å²) in [5.41, 5.74) is 0. The third-order valence-electron chi connectivity index (χ3n) is 3.78. The molecule has 2 fully saturated rings. The molecule has 2 heterocycles. The Kier molecular flexibility index (Phi) is 6.52. The van der Waals surface area contributed by atoms with Crippen molar-refractivity contribution in [3.63, 3.8) is 0 Å². The Morgan fingerprint density at radius 3 is 2.15 bits per heavy atom. The van der Waals surface area contributed by atoms with E-state index in [1.54, 1.807) is 0 Å². The van der Waals surface area contributed by atoms with Gasteiger partial charge in [0.15, 0.2) is 18.7 Å². The first-order chi connectivity index (χ1) is 11.9. The molecule has 0 spiro atoms. The zero-order valence-electron chi connectivity index (χ0n) is 12.8. The molecule has 26 heavy (non-hydrogen) atoms. The summed E-state index contributed by atoms with van der Waals surface area (Å²) in [6, 6.07) is 0. The summed E-state index contributed by atoms with van der Waals surface area (Å²) in [5, 5.41) is 57.5. The number of hydrogen-bond donors (Lipinski definition) is 7. The molecular weight excluding hydrogens is 388 g/mol. The van der Waals surface area contributed by atoms with Gasteiger partial charge in [-0.25, -0.2) is 8.98 Å². The molecular formula is C11H18O14S. The molecule has 14 nitrogen and oxygen atoms in total. The quantitative estimate of drug-likeness (QED) is 0.212. The second kappa shape index (κ2) is 7.95. The van der Waals surface area contributed by atoms with Gasteiger partial charge < -0.3 is 44.8 Å². The van der Waals surface area contributed by atoms with Crippen LogP contribution in [0.25, 0.3) is 0 Å². The van der Waals surface area contributed by atoms with Crippen LogP contribution in [0, 0.1) is 0 Å². The van der Waals surface area contributed by atoms with Crippen molar-refractivity contribution in [2.75, 3.05) is 6.61 Å². The predicted octanol–water partition coefficient (Wildman–Crippen LogP) is -4.84. The molecule has 0 aromatic rings. The van der Waals surface area contributed by atoms with Crippen molar-refractivity contribution in [3.05, 3.63) is 0 Å². The Bertz CT molecular complexity index is 608. The molecule has 0 amide bonds. The zero-order valence-corrected chi connectivity index (χ0v) is 13.6. The summed E-state index contributed by atoms with van der Waals surface area (Å²) < 4.78 is 49.2. The highest BCUT2D eigenvalue weighted by atomic mass is 32.3. The molecule has 0 saturated carbocycles. The fraction of sp³-hybridized carbons (Fsp3) is 0.909. The van der Waals surface area contributed by atoms with E-state index in [4.69, 9.17) is 23.9 Å². The van der Waals surface area contributed by atoms with Crippen molar-refractivity contribution in [1.82, 2.24) is 0 Å². The molecule has 0 unspecified atom stereocenters. The van der Waals surface area contributed by atoms with Gasteiger partial charge in [-0.3, -0.25) is 4.55 Å². The second-order valence-corrected chi connectivity index (χ2v) is 6.66. The summed E-state index contributed by atoms with van der Waals surface area (Å²) in [5.74, 6) is -1.77. The summed E-state index contributed by atoms with van der Waals surface area (Å²) >= 11 is 0. The van der Waals surface area contributed by atoms with Gasteiger partial charge in [0, 0.05) is 0 Å². The first kappa shape index (κ1) is 21.3. The van der Waals surface area contributed by atoms with Gasteiger partial charge in [0.05, 0.1) is 6.61 Å². The SMILES string of the molecule is O=C(O)[C@H]1O[C@@H](O[C@@H]2CO[C@@H](O)[C@H](O)[C@H]2O)[C@H](O)[C@@H](OS(=O)(=O)O)[C@@H]1O. The lowest BCUT2D eigenvalue weighted by molar-refractivity contribution is -0.333. The summed E-state index contributed by atoms with van der Waals surface area (Å²) in [6.45, 7) is -0.504. The topological polar surface area (TPSA) is 230 Å². The summed E-state index contributed by atoms with van der Waals surface area (Å²) in [6.07, 6.45) is -17.3. The Morgan fingerprint density at radius 2 is 1.62 bits per heavy atom. The molecule has 2 rings (SSSR count). The number of carboxylic acids is 1. The maximum atomic E-state index is 11.1. The van der Waals surface area contributed by atoms with Crippen LogP contribution in [0.2, 0.25) is 0 Å². The summed E-state index contributed by atoms with van der Waals surface area (Å²) in [7, 11) is -5.19. The highest BCUT2D eigenvalue weighted by molar-refractivity contribution is 7.80. The fourth-order valence-electron chi connectivity index (χ4n) is 2.48. The zero-order chi connectivity index (χ0) is 19.8. The van der Waals surface area contributed by atoms with Crippen LogP contribution >= 0.6 is 0 Å². The van der Waals surface area contributed by atoms with Crippen LogP contribution in [0.1, 0.15) is 0 Å². The second-order valence-electron chi connectivity index (χ2n) is 5.61. The summed E-state index contributed by atoms with van der Waals surface area (Å²) in [4.78, 5) is 11.1.